The quantitative estimate of drug-likeness (QED) is 0.158. The van der Waals surface area contributed by atoms with Gasteiger partial charge in [-0.05, 0) is 0 Å². The summed E-state index contributed by atoms with van der Waals surface area (Å²) in [5, 5.41) is 1.49. The molecule has 0 bridgehead atoms. The fourth-order valence-corrected chi connectivity index (χ4v) is 29.9. The average Bonchev–Trinajstić information content (AvgIpc) is 3.61. The molecule has 5 heteroatoms. The Labute approximate surface area is 287 Å². The summed E-state index contributed by atoms with van der Waals surface area (Å²) in [6.45, 7) is 13.9. The van der Waals surface area contributed by atoms with Gasteiger partial charge in [-0.15, -0.1) is 24.8 Å². The summed E-state index contributed by atoms with van der Waals surface area (Å²) in [6, 6.07) is 29.4. The fourth-order valence-electron chi connectivity index (χ4n) is 7.18. The third-order valence-electron chi connectivity index (χ3n) is 9.79. The maximum absolute atomic E-state index is 6.53. The standard InChI is InChI=1S/C21H25.2C6H4Cl.C5H5.CH2.2ClH.Hf/c1-20(2,3)16-9-7-14-11-15-8-10-17(21(4,5)6)13-19(15)18(14)12-16;2*7-6-4-2-1-3-5-6;1-2-4-5-3-1;;;;/h7,9-10,12-13H,11H2,1-6H3;2*2-5H;1-3H,4H2;1H2;2*1H;. The molecule has 0 heterocycles. The summed E-state index contributed by atoms with van der Waals surface area (Å²) in [5.41, 5.74) is 8.36. The van der Waals surface area contributed by atoms with Gasteiger partial charge in [0, 0.05) is 0 Å². The number of hydrogen-bond acceptors (Lipinski definition) is 0. The Kier molecular flexibility index (Phi) is 9.68. The molecule has 0 aliphatic heterocycles. The number of halogens is 4. The Morgan fingerprint density at radius 2 is 1.18 bits per heavy atom. The zero-order valence-electron chi connectivity index (χ0n) is 26.4. The SMILES string of the molecule is Cl.Cl.[CH2]=[Hf]([C]1=CC=CC1)([c]1ccc(Cl)cc1)([c]1ccc(Cl)cc1)[c]1cc(C(C)(C)C)cc2c1Cc1ccc(C(C)(C)C)cc1-2. The second-order valence-corrected chi connectivity index (χ2v) is 34.1. The van der Waals surface area contributed by atoms with Gasteiger partial charge in [0.25, 0.3) is 0 Å². The average molecular weight is 831 g/mol. The second kappa shape index (κ2) is 12.1. The molecule has 0 saturated carbocycles. The van der Waals surface area contributed by atoms with Gasteiger partial charge < -0.3 is 0 Å². The molecule has 4 aromatic rings. The predicted molar refractivity (Wildman–Crippen MR) is 197 cm³/mol. The Balaban J connectivity index is 0.00000221. The van der Waals surface area contributed by atoms with E-state index in [1.807, 2.05) is 0 Å². The maximum atomic E-state index is 6.53. The first-order chi connectivity index (χ1) is 19.7. The molecule has 6 rings (SSSR count). The van der Waals surface area contributed by atoms with Gasteiger partial charge in [0.05, 0.1) is 0 Å². The van der Waals surface area contributed by atoms with Gasteiger partial charge in [-0.1, -0.05) is 0 Å². The van der Waals surface area contributed by atoms with Crippen molar-refractivity contribution < 1.29 is 18.0 Å². The van der Waals surface area contributed by atoms with Crippen LogP contribution in [0, 0.1) is 0 Å². The second-order valence-electron chi connectivity index (χ2n) is 14.4. The van der Waals surface area contributed by atoms with Crippen LogP contribution in [0.3, 0.4) is 0 Å². The van der Waals surface area contributed by atoms with Crippen LogP contribution in [-0.4, -0.2) is 4.26 Å². The van der Waals surface area contributed by atoms with Crippen molar-refractivity contribution in [1.82, 2.24) is 0 Å². The van der Waals surface area contributed by atoms with Crippen LogP contribution < -0.4 is 9.96 Å². The van der Waals surface area contributed by atoms with Crippen LogP contribution in [0.4, 0.5) is 0 Å². The van der Waals surface area contributed by atoms with Gasteiger partial charge in [-0.3, -0.25) is 0 Å². The number of hydrogen-bond donors (Lipinski definition) is 0. The van der Waals surface area contributed by atoms with E-state index in [1.54, 1.807) is 0 Å². The molecule has 0 saturated heterocycles. The molecule has 0 atom stereocenters. The Hall–Kier alpha value is -1.74. The molecule has 0 radical (unpaired) electrons. The van der Waals surface area contributed by atoms with Gasteiger partial charge in [0.1, 0.15) is 0 Å². The number of benzene rings is 4. The normalized spacial score (nSPS) is 14.3. The van der Waals surface area contributed by atoms with Crippen molar-refractivity contribution in [3.63, 3.8) is 0 Å². The fraction of sp³-hybridized carbons (Fsp3) is 0.256. The molecule has 0 spiro atoms. The Bertz CT molecular complexity index is 1800. The van der Waals surface area contributed by atoms with Crippen LogP contribution >= 0.6 is 48.0 Å². The predicted octanol–water partition coefficient (Wildman–Crippen LogP) is 10.2. The van der Waals surface area contributed by atoms with E-state index in [4.69, 9.17) is 27.5 Å². The van der Waals surface area contributed by atoms with Crippen LogP contribution in [0.5, 0.6) is 0 Å². The third-order valence-corrected chi connectivity index (χ3v) is 34.1. The van der Waals surface area contributed by atoms with Gasteiger partial charge in [0.15, 0.2) is 0 Å². The molecule has 230 valence electrons. The van der Waals surface area contributed by atoms with Crippen molar-refractivity contribution in [2.75, 3.05) is 0 Å². The monoisotopic (exact) mass is 830 g/mol. The van der Waals surface area contributed by atoms with E-state index in [0.717, 1.165) is 22.9 Å². The van der Waals surface area contributed by atoms with E-state index < -0.39 is 18.0 Å². The molecule has 0 N–H and O–H groups in total. The van der Waals surface area contributed by atoms with E-state index in [-0.39, 0.29) is 35.6 Å². The topological polar surface area (TPSA) is 0 Å². The number of fused-ring (bicyclic) bond motifs is 3. The van der Waals surface area contributed by atoms with Crippen LogP contribution in [0.1, 0.15) is 70.2 Å². The number of allylic oxidation sites excluding steroid dienone is 4. The molecule has 0 nitrogen and oxygen atoms in total. The minimum atomic E-state index is -5.00. The van der Waals surface area contributed by atoms with Crippen LogP contribution in [0.15, 0.2) is 100 Å². The molecule has 0 fully saturated rings. The molecule has 2 aliphatic rings. The van der Waals surface area contributed by atoms with Crippen molar-refractivity contribution in [1.29, 1.82) is 0 Å². The van der Waals surface area contributed by atoms with Crippen LogP contribution in [0.25, 0.3) is 11.1 Å². The first-order valence-corrected chi connectivity index (χ1v) is 25.4. The van der Waals surface area contributed by atoms with Crippen molar-refractivity contribution >= 4 is 62.2 Å². The molecule has 2 aliphatic carbocycles. The van der Waals surface area contributed by atoms with E-state index in [0.29, 0.717) is 0 Å². The molecular weight excluding hydrogens is 789 g/mol. The summed E-state index contributed by atoms with van der Waals surface area (Å²) in [5.74, 6) is 0. The van der Waals surface area contributed by atoms with Gasteiger partial charge in [-0.25, -0.2) is 0 Å². The van der Waals surface area contributed by atoms with E-state index >= 15 is 0 Å². The van der Waals surface area contributed by atoms with E-state index in [9.17, 15) is 0 Å². The van der Waals surface area contributed by atoms with Crippen LogP contribution in [0.2, 0.25) is 10.0 Å². The molecule has 0 unspecified atom stereocenters. The van der Waals surface area contributed by atoms with E-state index in [2.05, 4.69) is 139 Å². The van der Waals surface area contributed by atoms with Gasteiger partial charge in [-0.2, -0.15) is 0 Å². The first-order valence-electron chi connectivity index (χ1n) is 14.9. The van der Waals surface area contributed by atoms with Crippen molar-refractivity contribution in [3.8, 4) is 11.1 Å². The Morgan fingerprint density at radius 1 is 0.659 bits per heavy atom. The van der Waals surface area contributed by atoms with Gasteiger partial charge in [0.2, 0.25) is 0 Å². The van der Waals surface area contributed by atoms with Crippen molar-refractivity contribution in [3.05, 3.63) is 133 Å². The molecule has 0 amide bonds. The summed E-state index contributed by atoms with van der Waals surface area (Å²) < 4.78 is 11.1. The molecule has 44 heavy (non-hydrogen) atoms. The zero-order valence-corrected chi connectivity index (χ0v) is 33.2. The van der Waals surface area contributed by atoms with Gasteiger partial charge >= 0.3 is 265 Å². The molecular formula is C39H42Cl4Hf. The van der Waals surface area contributed by atoms with Crippen molar-refractivity contribution in [2.45, 2.75) is 65.2 Å². The summed E-state index contributed by atoms with van der Waals surface area (Å²) in [6.07, 6.45) is 8.70. The first kappa shape index (κ1) is 35.1. The number of rotatable bonds is 4. The third kappa shape index (κ3) is 5.50. The Morgan fingerprint density at radius 3 is 1.66 bits per heavy atom. The van der Waals surface area contributed by atoms with E-state index in [1.165, 1.54) is 46.7 Å². The summed E-state index contributed by atoms with van der Waals surface area (Å²) in [7, 11) is 0. The van der Waals surface area contributed by atoms with Crippen LogP contribution in [-0.2, 0) is 35.3 Å². The summed E-state index contributed by atoms with van der Waals surface area (Å²) >= 11 is 8.06. The minimum absolute atomic E-state index is 0. The molecule has 0 aromatic heterocycles. The molecule has 4 aromatic carbocycles. The summed E-state index contributed by atoms with van der Waals surface area (Å²) in [4.78, 5) is 0. The zero-order chi connectivity index (χ0) is 30.1. The van der Waals surface area contributed by atoms with Crippen molar-refractivity contribution in [2.24, 2.45) is 0 Å².